The Morgan fingerprint density at radius 2 is 1.84 bits per heavy atom. The van der Waals surface area contributed by atoms with Crippen LogP contribution >= 0.6 is 11.8 Å². The molecule has 32 heavy (non-hydrogen) atoms. The number of nitrogens with zero attached hydrogens (tertiary/aromatic N) is 1. The molecule has 0 saturated carbocycles. The number of hydrogen-bond acceptors (Lipinski definition) is 4. The summed E-state index contributed by atoms with van der Waals surface area (Å²) >= 11 is 1.77. The van der Waals surface area contributed by atoms with Gasteiger partial charge in [0.2, 0.25) is 0 Å². The molecule has 2 aromatic carbocycles. The van der Waals surface area contributed by atoms with Crippen molar-refractivity contribution in [3.8, 4) is 0 Å². The monoisotopic (exact) mass is 454 g/mol. The van der Waals surface area contributed by atoms with E-state index in [4.69, 9.17) is 0 Å². The van der Waals surface area contributed by atoms with Crippen molar-refractivity contribution in [2.45, 2.75) is 26.2 Å². The number of rotatable bonds is 9. The van der Waals surface area contributed by atoms with Crippen LogP contribution in [0.1, 0.15) is 40.4 Å². The number of carbonyl (C=O) groups excluding carboxylic acids is 2. The zero-order valence-electron chi connectivity index (χ0n) is 19.1. The second-order valence-corrected chi connectivity index (χ2v) is 8.94. The molecule has 3 rings (SSSR count). The molecule has 0 spiro atoms. The highest BCUT2D eigenvalue weighted by Crippen LogP contribution is 2.26. The fourth-order valence-corrected chi connectivity index (χ4v) is 4.32. The Morgan fingerprint density at radius 1 is 1.09 bits per heavy atom. The van der Waals surface area contributed by atoms with Crippen LogP contribution in [-0.4, -0.2) is 61.6 Å². The number of piperazine rings is 1. The molecule has 1 heterocycles. The maximum absolute atomic E-state index is 13.3. The number of aryl methyl sites for hydroxylation is 1. The van der Waals surface area contributed by atoms with Gasteiger partial charge in [0.25, 0.3) is 5.91 Å². The van der Waals surface area contributed by atoms with Crippen molar-refractivity contribution in [2.24, 2.45) is 0 Å². The van der Waals surface area contributed by atoms with E-state index in [2.05, 4.69) is 34.3 Å². The standard InChI is InChI=1S/C25H34N4O2S/c1-3-20-18-23(28-25(31)27-10-7-15-32-2)21(16-19-8-5-4-6-9-19)17-22(20)24(30)29-13-11-26-12-14-29/h4-6,8-9,17-18,26H,3,7,10-16H2,1-2H3,(H2,27,28,31). The van der Waals surface area contributed by atoms with Crippen LogP contribution in [0.3, 0.4) is 0 Å². The van der Waals surface area contributed by atoms with Crippen LogP contribution in [0.4, 0.5) is 10.5 Å². The van der Waals surface area contributed by atoms with Crippen LogP contribution in [-0.2, 0) is 12.8 Å². The van der Waals surface area contributed by atoms with E-state index in [-0.39, 0.29) is 11.9 Å². The number of thioether (sulfide) groups is 1. The zero-order chi connectivity index (χ0) is 22.8. The predicted molar refractivity (Wildman–Crippen MR) is 134 cm³/mol. The van der Waals surface area contributed by atoms with Crippen molar-refractivity contribution in [3.05, 3.63) is 64.7 Å². The second-order valence-electron chi connectivity index (χ2n) is 7.95. The molecule has 0 aliphatic carbocycles. The zero-order valence-corrected chi connectivity index (χ0v) is 19.9. The van der Waals surface area contributed by atoms with E-state index in [9.17, 15) is 9.59 Å². The third-order valence-corrected chi connectivity index (χ3v) is 6.34. The highest BCUT2D eigenvalue weighted by molar-refractivity contribution is 7.98. The minimum Gasteiger partial charge on any atom is -0.338 e. The molecule has 2 aromatic rings. The molecule has 7 heteroatoms. The van der Waals surface area contributed by atoms with E-state index < -0.39 is 0 Å². The van der Waals surface area contributed by atoms with Crippen LogP contribution in [0.25, 0.3) is 0 Å². The lowest BCUT2D eigenvalue weighted by molar-refractivity contribution is 0.0734. The second kappa shape index (κ2) is 12.5. The number of urea groups is 1. The van der Waals surface area contributed by atoms with Gasteiger partial charge in [-0.2, -0.15) is 11.8 Å². The van der Waals surface area contributed by atoms with Gasteiger partial charge in [-0.15, -0.1) is 0 Å². The summed E-state index contributed by atoms with van der Waals surface area (Å²) in [4.78, 5) is 27.8. The van der Waals surface area contributed by atoms with Gasteiger partial charge in [0.15, 0.2) is 0 Å². The number of amides is 3. The van der Waals surface area contributed by atoms with Gasteiger partial charge in [0.05, 0.1) is 0 Å². The van der Waals surface area contributed by atoms with Crippen molar-refractivity contribution in [3.63, 3.8) is 0 Å². The van der Waals surface area contributed by atoms with Crippen molar-refractivity contribution in [1.82, 2.24) is 15.5 Å². The van der Waals surface area contributed by atoms with Crippen LogP contribution in [0, 0.1) is 0 Å². The third-order valence-electron chi connectivity index (χ3n) is 5.64. The van der Waals surface area contributed by atoms with Crippen molar-refractivity contribution in [2.75, 3.05) is 50.0 Å². The van der Waals surface area contributed by atoms with E-state index in [1.807, 2.05) is 42.2 Å². The topological polar surface area (TPSA) is 73.5 Å². The first-order chi connectivity index (χ1) is 15.6. The summed E-state index contributed by atoms with van der Waals surface area (Å²) in [5.41, 5.74) is 4.56. The molecular weight excluding hydrogens is 420 g/mol. The average molecular weight is 455 g/mol. The summed E-state index contributed by atoms with van der Waals surface area (Å²) in [5, 5.41) is 9.27. The minimum absolute atomic E-state index is 0.0747. The molecule has 0 bridgehead atoms. The van der Waals surface area contributed by atoms with Gasteiger partial charge in [-0.3, -0.25) is 4.79 Å². The van der Waals surface area contributed by atoms with E-state index in [1.165, 1.54) is 0 Å². The summed E-state index contributed by atoms with van der Waals surface area (Å²) in [7, 11) is 0. The average Bonchev–Trinajstić information content (AvgIpc) is 2.83. The Kier molecular flexibility index (Phi) is 9.43. The van der Waals surface area contributed by atoms with E-state index in [1.54, 1.807) is 11.8 Å². The summed E-state index contributed by atoms with van der Waals surface area (Å²) in [6.07, 6.45) is 4.37. The Morgan fingerprint density at radius 3 is 2.53 bits per heavy atom. The maximum atomic E-state index is 13.3. The molecule has 3 N–H and O–H groups in total. The molecule has 1 aliphatic heterocycles. The van der Waals surface area contributed by atoms with Crippen LogP contribution in [0.15, 0.2) is 42.5 Å². The Bertz CT molecular complexity index is 898. The molecule has 6 nitrogen and oxygen atoms in total. The lowest BCUT2D eigenvalue weighted by atomic mass is 9.95. The number of carbonyl (C=O) groups is 2. The quantitative estimate of drug-likeness (QED) is 0.505. The predicted octanol–water partition coefficient (Wildman–Crippen LogP) is 3.76. The van der Waals surface area contributed by atoms with E-state index >= 15 is 0 Å². The molecule has 0 unspecified atom stereocenters. The Balaban J connectivity index is 1.88. The highest BCUT2D eigenvalue weighted by atomic mass is 32.2. The largest absolute Gasteiger partial charge is 0.338 e. The van der Waals surface area contributed by atoms with Gasteiger partial charge in [0, 0.05) is 44.0 Å². The van der Waals surface area contributed by atoms with Gasteiger partial charge in [0.1, 0.15) is 0 Å². The first-order valence-electron chi connectivity index (χ1n) is 11.4. The van der Waals surface area contributed by atoms with Gasteiger partial charge in [-0.1, -0.05) is 37.3 Å². The minimum atomic E-state index is -0.205. The molecule has 172 valence electrons. The highest BCUT2D eigenvalue weighted by Gasteiger charge is 2.22. The maximum Gasteiger partial charge on any atom is 0.319 e. The number of hydrogen-bond donors (Lipinski definition) is 3. The Labute approximate surface area is 195 Å². The summed E-state index contributed by atoms with van der Waals surface area (Å²) in [6.45, 7) is 5.76. The van der Waals surface area contributed by atoms with Gasteiger partial charge in [-0.05, 0) is 60.1 Å². The molecule has 0 atom stereocenters. The molecule has 1 fully saturated rings. The van der Waals surface area contributed by atoms with Gasteiger partial charge < -0.3 is 20.9 Å². The normalized spacial score (nSPS) is 13.6. The fourth-order valence-electron chi connectivity index (χ4n) is 3.88. The summed E-state index contributed by atoms with van der Waals surface area (Å²) < 4.78 is 0. The SMILES string of the molecule is CCc1cc(NC(=O)NCCCSC)c(Cc2ccccc2)cc1C(=O)N1CCNCC1. The van der Waals surface area contributed by atoms with Crippen LogP contribution in [0.5, 0.6) is 0 Å². The van der Waals surface area contributed by atoms with Crippen molar-refractivity contribution < 1.29 is 9.59 Å². The number of benzene rings is 2. The molecule has 1 aliphatic rings. The first-order valence-corrected chi connectivity index (χ1v) is 12.7. The Hall–Kier alpha value is -2.51. The lowest BCUT2D eigenvalue weighted by Crippen LogP contribution is -2.46. The van der Waals surface area contributed by atoms with E-state index in [0.717, 1.165) is 59.6 Å². The van der Waals surface area contributed by atoms with Gasteiger partial charge >= 0.3 is 6.03 Å². The number of nitrogens with one attached hydrogen (secondary N) is 3. The number of anilines is 1. The summed E-state index contributed by atoms with van der Waals surface area (Å²) in [5.74, 6) is 1.09. The molecule has 0 radical (unpaired) electrons. The van der Waals surface area contributed by atoms with Crippen LogP contribution < -0.4 is 16.0 Å². The fraction of sp³-hybridized carbons (Fsp3) is 0.440. The smallest absolute Gasteiger partial charge is 0.319 e. The summed E-state index contributed by atoms with van der Waals surface area (Å²) in [6, 6.07) is 13.9. The van der Waals surface area contributed by atoms with Crippen molar-refractivity contribution in [1.29, 1.82) is 0 Å². The van der Waals surface area contributed by atoms with Crippen molar-refractivity contribution >= 4 is 29.4 Å². The van der Waals surface area contributed by atoms with Gasteiger partial charge in [-0.25, -0.2) is 4.79 Å². The molecule has 1 saturated heterocycles. The third kappa shape index (κ3) is 6.74. The van der Waals surface area contributed by atoms with Crippen LogP contribution in [0.2, 0.25) is 0 Å². The molecule has 0 aromatic heterocycles. The van der Waals surface area contributed by atoms with E-state index in [0.29, 0.717) is 26.1 Å². The lowest BCUT2D eigenvalue weighted by Gasteiger charge is -2.28. The molecular formula is C25H34N4O2S. The first kappa shape index (κ1) is 24.1. The molecule has 3 amide bonds.